The number of aromatic nitrogens is 2. The van der Waals surface area contributed by atoms with Crippen LogP contribution in [0.4, 0.5) is 0 Å². The molecule has 1 aliphatic rings. The molecule has 1 amide bonds. The van der Waals surface area contributed by atoms with Gasteiger partial charge in [0.05, 0.1) is 6.04 Å². The number of carbonyl (C=O) groups excluding carboxylic acids is 1. The van der Waals surface area contributed by atoms with Gasteiger partial charge in [0.25, 0.3) is 11.8 Å². The largest absolute Gasteiger partial charge is 0.344 e. The fraction of sp³-hybridized carbons (Fsp3) is 0.318. The normalized spacial score (nSPS) is 15.5. The van der Waals surface area contributed by atoms with E-state index in [4.69, 9.17) is 4.52 Å². The predicted molar refractivity (Wildman–Crippen MR) is 107 cm³/mol. The maximum atomic E-state index is 12.9. The fourth-order valence-corrected chi connectivity index (χ4v) is 3.56. The Labute approximate surface area is 164 Å². The molecule has 6 nitrogen and oxygen atoms in total. The zero-order valence-corrected chi connectivity index (χ0v) is 16.0. The monoisotopic (exact) mass is 376 g/mol. The van der Waals surface area contributed by atoms with Gasteiger partial charge in [-0.2, -0.15) is 4.98 Å². The van der Waals surface area contributed by atoms with Crippen LogP contribution in [0.1, 0.15) is 40.6 Å². The van der Waals surface area contributed by atoms with Crippen LogP contribution in [0.3, 0.4) is 0 Å². The van der Waals surface area contributed by atoms with Crippen LogP contribution < -0.4 is 5.32 Å². The van der Waals surface area contributed by atoms with Crippen molar-refractivity contribution in [2.45, 2.75) is 25.8 Å². The second-order valence-electron chi connectivity index (χ2n) is 7.17. The zero-order valence-electron chi connectivity index (χ0n) is 16.0. The minimum absolute atomic E-state index is 0.0370. The first-order valence-electron chi connectivity index (χ1n) is 9.68. The van der Waals surface area contributed by atoms with Crippen LogP contribution >= 0.6 is 0 Å². The highest BCUT2D eigenvalue weighted by atomic mass is 16.5. The number of likely N-dealkylation sites (tertiary alicyclic amines) is 1. The van der Waals surface area contributed by atoms with E-state index in [1.807, 2.05) is 30.3 Å². The number of hydrogen-bond acceptors (Lipinski definition) is 5. The molecule has 0 bridgehead atoms. The number of rotatable bonds is 6. The maximum Gasteiger partial charge on any atom is 0.257 e. The average Bonchev–Trinajstić information content (AvgIpc) is 3.40. The standard InChI is InChI=1S/C22H24N4O2/c1-16-23-22(28-25-16)19-11-9-18(10-12-19)21(27)24-20(15-26-13-5-6-14-26)17-7-3-2-4-8-17/h2-4,7-12,20H,5-6,13-15H2,1H3,(H,24,27). The second-order valence-corrected chi connectivity index (χ2v) is 7.17. The van der Waals surface area contributed by atoms with Gasteiger partial charge in [0.15, 0.2) is 5.82 Å². The molecule has 1 aromatic heterocycles. The Bertz CT molecular complexity index is 915. The van der Waals surface area contributed by atoms with Crippen LogP contribution in [0.5, 0.6) is 0 Å². The van der Waals surface area contributed by atoms with E-state index in [0.29, 0.717) is 17.3 Å². The molecule has 0 spiro atoms. The highest BCUT2D eigenvalue weighted by Crippen LogP contribution is 2.20. The smallest absolute Gasteiger partial charge is 0.257 e. The highest BCUT2D eigenvalue weighted by Gasteiger charge is 2.21. The first-order chi connectivity index (χ1) is 13.7. The molecule has 1 atom stereocenters. The summed E-state index contributed by atoms with van der Waals surface area (Å²) in [4.78, 5) is 19.5. The van der Waals surface area contributed by atoms with Crippen LogP contribution in [-0.4, -0.2) is 40.6 Å². The molecule has 1 aliphatic heterocycles. The van der Waals surface area contributed by atoms with Gasteiger partial charge < -0.3 is 14.7 Å². The fourth-order valence-electron chi connectivity index (χ4n) is 3.56. The lowest BCUT2D eigenvalue weighted by molar-refractivity contribution is 0.0927. The molecule has 6 heteroatoms. The van der Waals surface area contributed by atoms with Crippen molar-refractivity contribution in [3.05, 3.63) is 71.5 Å². The molecule has 28 heavy (non-hydrogen) atoms. The Morgan fingerprint density at radius 3 is 2.46 bits per heavy atom. The third kappa shape index (κ3) is 4.28. The molecule has 4 rings (SSSR count). The Kier molecular flexibility index (Phi) is 5.48. The summed E-state index contributed by atoms with van der Waals surface area (Å²) in [6, 6.07) is 17.4. The number of nitrogens with zero attached hydrogens (tertiary/aromatic N) is 3. The Balaban J connectivity index is 1.48. The van der Waals surface area contributed by atoms with Gasteiger partial charge in [-0.05, 0) is 62.7 Å². The molecular weight excluding hydrogens is 352 g/mol. The Morgan fingerprint density at radius 1 is 1.11 bits per heavy atom. The summed E-state index contributed by atoms with van der Waals surface area (Å²) in [5, 5.41) is 7.01. The molecule has 0 saturated carbocycles. The number of nitrogens with one attached hydrogen (secondary N) is 1. The van der Waals surface area contributed by atoms with E-state index < -0.39 is 0 Å². The number of hydrogen-bond donors (Lipinski definition) is 1. The maximum absolute atomic E-state index is 12.9. The summed E-state index contributed by atoms with van der Waals surface area (Å²) in [6.07, 6.45) is 2.46. The molecule has 0 aliphatic carbocycles. The average molecular weight is 376 g/mol. The van der Waals surface area contributed by atoms with Crippen molar-refractivity contribution >= 4 is 5.91 Å². The number of amides is 1. The molecule has 1 saturated heterocycles. The molecule has 1 N–H and O–H groups in total. The zero-order chi connectivity index (χ0) is 19.3. The predicted octanol–water partition coefficient (Wildman–Crippen LogP) is 3.61. The van der Waals surface area contributed by atoms with E-state index in [2.05, 4.69) is 32.5 Å². The summed E-state index contributed by atoms with van der Waals surface area (Å²) in [5.74, 6) is 0.964. The Morgan fingerprint density at radius 2 is 1.82 bits per heavy atom. The molecule has 3 aromatic rings. The lowest BCUT2D eigenvalue weighted by atomic mass is 10.1. The molecule has 2 heterocycles. The van der Waals surface area contributed by atoms with Crippen molar-refractivity contribution in [2.75, 3.05) is 19.6 Å². The first kappa shape index (κ1) is 18.4. The molecule has 1 fully saturated rings. The SMILES string of the molecule is Cc1noc(-c2ccc(C(=O)NC(CN3CCCC3)c3ccccc3)cc2)n1. The summed E-state index contributed by atoms with van der Waals surface area (Å²) >= 11 is 0. The van der Waals surface area contributed by atoms with Gasteiger partial charge in [-0.15, -0.1) is 0 Å². The molecule has 0 radical (unpaired) electrons. The topological polar surface area (TPSA) is 71.3 Å². The molecule has 2 aromatic carbocycles. The molecule has 144 valence electrons. The van der Waals surface area contributed by atoms with Gasteiger partial charge in [-0.25, -0.2) is 0 Å². The third-order valence-electron chi connectivity index (χ3n) is 5.07. The van der Waals surface area contributed by atoms with Crippen molar-refractivity contribution < 1.29 is 9.32 Å². The van der Waals surface area contributed by atoms with E-state index in [1.165, 1.54) is 12.8 Å². The highest BCUT2D eigenvalue weighted by molar-refractivity contribution is 5.94. The molecule has 1 unspecified atom stereocenters. The van der Waals surface area contributed by atoms with Crippen LogP contribution in [0, 0.1) is 6.92 Å². The van der Waals surface area contributed by atoms with Gasteiger partial charge in [0, 0.05) is 17.7 Å². The number of aryl methyl sites for hydroxylation is 1. The quantitative estimate of drug-likeness (QED) is 0.712. The van der Waals surface area contributed by atoms with Crippen LogP contribution in [-0.2, 0) is 0 Å². The summed E-state index contributed by atoms with van der Waals surface area (Å²) < 4.78 is 5.18. The lowest BCUT2D eigenvalue weighted by Crippen LogP contribution is -2.37. The van der Waals surface area contributed by atoms with E-state index in [-0.39, 0.29) is 11.9 Å². The van der Waals surface area contributed by atoms with Crippen molar-refractivity contribution in [1.29, 1.82) is 0 Å². The minimum Gasteiger partial charge on any atom is -0.344 e. The van der Waals surface area contributed by atoms with Gasteiger partial charge in [-0.1, -0.05) is 35.5 Å². The minimum atomic E-state index is -0.0821. The van der Waals surface area contributed by atoms with Crippen LogP contribution in [0.25, 0.3) is 11.5 Å². The van der Waals surface area contributed by atoms with E-state index in [0.717, 1.165) is 30.8 Å². The van der Waals surface area contributed by atoms with Crippen molar-refractivity contribution in [3.63, 3.8) is 0 Å². The third-order valence-corrected chi connectivity index (χ3v) is 5.07. The van der Waals surface area contributed by atoms with Gasteiger partial charge >= 0.3 is 0 Å². The van der Waals surface area contributed by atoms with Crippen molar-refractivity contribution in [1.82, 2.24) is 20.4 Å². The van der Waals surface area contributed by atoms with Gasteiger partial charge in [0.2, 0.25) is 0 Å². The summed E-state index contributed by atoms with van der Waals surface area (Å²) in [5.41, 5.74) is 2.54. The molecular formula is C22H24N4O2. The van der Waals surface area contributed by atoms with Gasteiger partial charge in [-0.3, -0.25) is 4.79 Å². The van der Waals surface area contributed by atoms with Crippen molar-refractivity contribution in [2.24, 2.45) is 0 Å². The summed E-state index contributed by atoms with van der Waals surface area (Å²) in [6.45, 7) is 4.79. The van der Waals surface area contributed by atoms with Crippen LogP contribution in [0.2, 0.25) is 0 Å². The van der Waals surface area contributed by atoms with E-state index in [1.54, 1.807) is 19.1 Å². The number of benzene rings is 2. The summed E-state index contributed by atoms with van der Waals surface area (Å²) in [7, 11) is 0. The lowest BCUT2D eigenvalue weighted by Gasteiger charge is -2.25. The first-order valence-corrected chi connectivity index (χ1v) is 9.68. The Hall–Kier alpha value is -2.99. The van der Waals surface area contributed by atoms with Crippen LogP contribution in [0.15, 0.2) is 59.1 Å². The second kappa shape index (κ2) is 8.35. The van der Waals surface area contributed by atoms with E-state index >= 15 is 0 Å². The van der Waals surface area contributed by atoms with E-state index in [9.17, 15) is 4.79 Å². The van der Waals surface area contributed by atoms with Crippen molar-refractivity contribution in [3.8, 4) is 11.5 Å². The number of carbonyl (C=O) groups is 1. The van der Waals surface area contributed by atoms with Gasteiger partial charge in [0.1, 0.15) is 0 Å².